The molecule has 0 unspecified atom stereocenters. The van der Waals surface area contributed by atoms with Gasteiger partial charge in [0.1, 0.15) is 5.75 Å². The van der Waals surface area contributed by atoms with E-state index in [1.54, 1.807) is 11.0 Å². The Morgan fingerprint density at radius 2 is 2.09 bits per heavy atom. The number of rotatable bonds is 3. The molecule has 110 valence electrons. The van der Waals surface area contributed by atoms with E-state index in [4.69, 9.17) is 10.5 Å². The van der Waals surface area contributed by atoms with Gasteiger partial charge in [0.2, 0.25) is 0 Å². The van der Waals surface area contributed by atoms with Crippen molar-refractivity contribution in [1.29, 1.82) is 5.26 Å². The van der Waals surface area contributed by atoms with Gasteiger partial charge in [-0.3, -0.25) is 4.79 Å². The summed E-state index contributed by atoms with van der Waals surface area (Å²) in [7, 11) is 0. The molecule has 5 nitrogen and oxygen atoms in total. The normalized spacial score (nSPS) is 13.3. The molecule has 3 rings (SSSR count). The van der Waals surface area contributed by atoms with Crippen LogP contribution in [0.25, 0.3) is 0 Å². The predicted octanol–water partition coefficient (Wildman–Crippen LogP) is 1.94. The minimum atomic E-state index is -0.124. The van der Waals surface area contributed by atoms with Gasteiger partial charge in [-0.15, -0.1) is 0 Å². The summed E-state index contributed by atoms with van der Waals surface area (Å²) >= 11 is 0. The number of nitrogens with zero attached hydrogens (tertiary/aromatic N) is 2. The lowest BCUT2D eigenvalue weighted by Crippen LogP contribution is -2.38. The SMILES string of the molecule is N#Cc1ccccc1CN1C(=O)COc2cc(CN)ccc21. The van der Waals surface area contributed by atoms with E-state index in [9.17, 15) is 10.1 Å². The Morgan fingerprint density at radius 1 is 1.27 bits per heavy atom. The van der Waals surface area contributed by atoms with Crippen LogP contribution in [0.2, 0.25) is 0 Å². The van der Waals surface area contributed by atoms with Crippen molar-refractivity contribution in [2.24, 2.45) is 5.73 Å². The molecule has 0 fully saturated rings. The molecule has 0 aliphatic carbocycles. The van der Waals surface area contributed by atoms with Crippen LogP contribution in [0, 0.1) is 11.3 Å². The lowest BCUT2D eigenvalue weighted by molar-refractivity contribution is -0.121. The van der Waals surface area contributed by atoms with E-state index in [2.05, 4.69) is 6.07 Å². The van der Waals surface area contributed by atoms with Gasteiger partial charge in [-0.05, 0) is 29.3 Å². The van der Waals surface area contributed by atoms with Crippen molar-refractivity contribution in [3.63, 3.8) is 0 Å². The predicted molar refractivity (Wildman–Crippen MR) is 82.2 cm³/mol. The minimum Gasteiger partial charge on any atom is -0.482 e. The molecular weight excluding hydrogens is 278 g/mol. The van der Waals surface area contributed by atoms with Crippen LogP contribution in [-0.2, 0) is 17.9 Å². The number of fused-ring (bicyclic) bond motifs is 1. The minimum absolute atomic E-state index is 0.00422. The largest absolute Gasteiger partial charge is 0.482 e. The molecule has 1 aliphatic heterocycles. The Balaban J connectivity index is 1.98. The monoisotopic (exact) mass is 293 g/mol. The highest BCUT2D eigenvalue weighted by molar-refractivity contribution is 5.97. The highest BCUT2D eigenvalue weighted by Crippen LogP contribution is 2.34. The van der Waals surface area contributed by atoms with Gasteiger partial charge in [-0.2, -0.15) is 5.26 Å². The van der Waals surface area contributed by atoms with Crippen molar-refractivity contribution in [2.45, 2.75) is 13.1 Å². The first-order chi connectivity index (χ1) is 10.7. The van der Waals surface area contributed by atoms with Crippen molar-refractivity contribution >= 4 is 11.6 Å². The van der Waals surface area contributed by atoms with Crippen molar-refractivity contribution in [3.8, 4) is 11.8 Å². The van der Waals surface area contributed by atoms with E-state index >= 15 is 0 Å². The standard InChI is InChI=1S/C17H15N3O2/c18-8-12-5-6-15-16(7-12)22-11-17(21)20(15)10-14-4-2-1-3-13(14)9-19/h1-7H,8,10-11,18H2. The topological polar surface area (TPSA) is 79.3 Å². The van der Waals surface area contributed by atoms with Gasteiger partial charge in [-0.1, -0.05) is 24.3 Å². The van der Waals surface area contributed by atoms with Crippen LogP contribution in [0.5, 0.6) is 5.75 Å². The van der Waals surface area contributed by atoms with Crippen LogP contribution in [0.4, 0.5) is 5.69 Å². The molecule has 22 heavy (non-hydrogen) atoms. The first-order valence-corrected chi connectivity index (χ1v) is 6.97. The molecule has 2 aromatic carbocycles. The lowest BCUT2D eigenvalue weighted by atomic mass is 10.1. The molecule has 0 saturated heterocycles. The molecule has 0 radical (unpaired) electrons. The zero-order valence-corrected chi connectivity index (χ0v) is 12.0. The van der Waals surface area contributed by atoms with Gasteiger partial charge in [0, 0.05) is 6.54 Å². The Morgan fingerprint density at radius 3 is 2.86 bits per heavy atom. The van der Waals surface area contributed by atoms with Crippen LogP contribution in [0.3, 0.4) is 0 Å². The average molecular weight is 293 g/mol. The molecule has 1 amide bonds. The van der Waals surface area contributed by atoms with Crippen LogP contribution in [-0.4, -0.2) is 12.5 Å². The zero-order valence-electron chi connectivity index (χ0n) is 12.0. The van der Waals surface area contributed by atoms with Gasteiger partial charge in [0.25, 0.3) is 5.91 Å². The molecule has 2 N–H and O–H groups in total. The van der Waals surface area contributed by atoms with E-state index in [-0.39, 0.29) is 12.5 Å². The average Bonchev–Trinajstić information content (AvgIpc) is 2.57. The molecule has 1 aliphatic rings. The van der Waals surface area contributed by atoms with Gasteiger partial charge < -0.3 is 15.4 Å². The summed E-state index contributed by atoms with van der Waals surface area (Å²) in [5.41, 5.74) is 8.68. The Kier molecular flexibility index (Phi) is 3.77. The third-order valence-electron chi connectivity index (χ3n) is 3.67. The first-order valence-electron chi connectivity index (χ1n) is 6.97. The lowest BCUT2D eigenvalue weighted by Gasteiger charge is -2.30. The fraction of sp³-hybridized carbons (Fsp3) is 0.176. The number of anilines is 1. The van der Waals surface area contributed by atoms with E-state index in [1.165, 1.54) is 0 Å². The number of nitriles is 1. The number of benzene rings is 2. The van der Waals surface area contributed by atoms with Gasteiger partial charge in [0.05, 0.1) is 23.9 Å². The van der Waals surface area contributed by atoms with E-state index in [0.29, 0.717) is 30.1 Å². The second-order valence-electron chi connectivity index (χ2n) is 5.04. The van der Waals surface area contributed by atoms with Crippen LogP contribution >= 0.6 is 0 Å². The van der Waals surface area contributed by atoms with Gasteiger partial charge >= 0.3 is 0 Å². The smallest absolute Gasteiger partial charge is 0.265 e. The Hall–Kier alpha value is -2.84. The highest BCUT2D eigenvalue weighted by atomic mass is 16.5. The highest BCUT2D eigenvalue weighted by Gasteiger charge is 2.26. The number of ether oxygens (including phenoxy) is 1. The van der Waals surface area contributed by atoms with Crippen LogP contribution in [0.1, 0.15) is 16.7 Å². The summed E-state index contributed by atoms with van der Waals surface area (Å²) in [6.45, 7) is 0.762. The maximum Gasteiger partial charge on any atom is 0.265 e. The summed E-state index contributed by atoms with van der Waals surface area (Å²) in [5.74, 6) is 0.526. The maximum absolute atomic E-state index is 12.2. The Bertz CT molecular complexity index is 765. The van der Waals surface area contributed by atoms with Gasteiger partial charge in [0.15, 0.2) is 6.61 Å². The fourth-order valence-electron chi connectivity index (χ4n) is 2.49. The summed E-state index contributed by atoms with van der Waals surface area (Å²) in [6, 6.07) is 15.0. The van der Waals surface area contributed by atoms with Crippen molar-refractivity contribution in [3.05, 3.63) is 59.2 Å². The molecule has 1 heterocycles. The molecule has 0 aromatic heterocycles. The number of carbonyl (C=O) groups excluding carboxylic acids is 1. The number of hydrogen-bond donors (Lipinski definition) is 1. The maximum atomic E-state index is 12.2. The van der Waals surface area contributed by atoms with E-state index in [0.717, 1.165) is 11.1 Å². The third-order valence-corrected chi connectivity index (χ3v) is 3.67. The first kappa shape index (κ1) is 14.1. The van der Waals surface area contributed by atoms with Crippen molar-refractivity contribution < 1.29 is 9.53 Å². The van der Waals surface area contributed by atoms with Crippen LogP contribution < -0.4 is 15.4 Å². The molecule has 0 saturated carbocycles. The summed E-state index contributed by atoms with van der Waals surface area (Å²) in [6.07, 6.45) is 0. The van der Waals surface area contributed by atoms with Crippen LogP contribution in [0.15, 0.2) is 42.5 Å². The second kappa shape index (κ2) is 5.88. The second-order valence-corrected chi connectivity index (χ2v) is 5.04. The number of carbonyl (C=O) groups is 1. The van der Waals surface area contributed by atoms with Crippen molar-refractivity contribution in [2.75, 3.05) is 11.5 Å². The molecule has 0 bridgehead atoms. The molecule has 0 spiro atoms. The summed E-state index contributed by atoms with van der Waals surface area (Å²) in [5, 5.41) is 9.19. The van der Waals surface area contributed by atoms with Gasteiger partial charge in [-0.25, -0.2) is 0 Å². The third kappa shape index (κ3) is 2.52. The molecule has 5 heteroatoms. The number of amides is 1. The summed E-state index contributed by atoms with van der Waals surface area (Å²) in [4.78, 5) is 13.9. The van der Waals surface area contributed by atoms with Crippen molar-refractivity contribution in [1.82, 2.24) is 0 Å². The number of nitrogens with two attached hydrogens (primary N) is 1. The zero-order chi connectivity index (χ0) is 15.5. The molecular formula is C17H15N3O2. The fourth-order valence-corrected chi connectivity index (χ4v) is 2.49. The number of hydrogen-bond acceptors (Lipinski definition) is 4. The Labute approximate surface area is 128 Å². The van der Waals surface area contributed by atoms with E-state index in [1.807, 2.05) is 36.4 Å². The quantitative estimate of drug-likeness (QED) is 0.938. The molecule has 0 atom stereocenters. The molecule has 2 aromatic rings. The summed E-state index contributed by atoms with van der Waals surface area (Å²) < 4.78 is 5.49. The van der Waals surface area contributed by atoms with E-state index < -0.39 is 0 Å².